The van der Waals surface area contributed by atoms with Gasteiger partial charge in [0.1, 0.15) is 11.5 Å². The van der Waals surface area contributed by atoms with Gasteiger partial charge in [-0.1, -0.05) is 58.1 Å². The Morgan fingerprint density at radius 1 is 0.765 bits per heavy atom. The van der Waals surface area contributed by atoms with Gasteiger partial charge in [-0.05, 0) is 59.7 Å². The highest BCUT2D eigenvalue weighted by Gasteiger charge is 2.38. The van der Waals surface area contributed by atoms with Crippen molar-refractivity contribution in [3.8, 4) is 11.5 Å². The van der Waals surface area contributed by atoms with Gasteiger partial charge >= 0.3 is 0 Å². The van der Waals surface area contributed by atoms with Crippen molar-refractivity contribution in [2.24, 2.45) is 4.99 Å². The Labute approximate surface area is 203 Å². The van der Waals surface area contributed by atoms with Crippen LogP contribution >= 0.6 is 0 Å². The van der Waals surface area contributed by atoms with E-state index >= 15 is 0 Å². The molecule has 0 aliphatic carbocycles. The minimum Gasteiger partial charge on any atom is -0.497 e. The van der Waals surface area contributed by atoms with E-state index in [1.807, 2.05) is 30.4 Å². The number of methoxy groups -OCH3 is 2. The first-order chi connectivity index (χ1) is 16.2. The summed E-state index contributed by atoms with van der Waals surface area (Å²) in [5.74, 6) is 1.76. The van der Waals surface area contributed by atoms with Crippen molar-refractivity contribution in [3.63, 3.8) is 0 Å². The molecule has 0 atom stereocenters. The van der Waals surface area contributed by atoms with Gasteiger partial charge in [-0.25, -0.2) is 0 Å². The third-order valence-electron chi connectivity index (χ3n) is 6.95. The molecule has 2 aromatic carbocycles. The summed E-state index contributed by atoms with van der Waals surface area (Å²) in [5, 5.41) is 0. The van der Waals surface area contributed by atoms with E-state index in [-0.39, 0.29) is 10.8 Å². The zero-order valence-electron chi connectivity index (χ0n) is 21.2. The molecular formula is C30H34N2O2. The lowest BCUT2D eigenvalue weighted by molar-refractivity contribution is 0.413. The van der Waals surface area contributed by atoms with Crippen molar-refractivity contribution in [2.45, 2.75) is 38.5 Å². The number of hydrogen-bond acceptors (Lipinski definition) is 4. The quantitative estimate of drug-likeness (QED) is 0.439. The molecule has 2 aromatic rings. The highest BCUT2D eigenvalue weighted by atomic mass is 16.5. The van der Waals surface area contributed by atoms with Gasteiger partial charge in [0, 0.05) is 29.3 Å². The van der Waals surface area contributed by atoms with Crippen molar-refractivity contribution in [1.29, 1.82) is 0 Å². The average Bonchev–Trinajstić information content (AvgIpc) is 3.18. The molecular weight excluding hydrogens is 420 g/mol. The maximum atomic E-state index is 5.44. The molecule has 176 valence electrons. The number of allylic oxidation sites excluding steroid dienone is 8. The number of nitrogens with zero attached hydrogens (tertiary/aromatic N) is 2. The van der Waals surface area contributed by atoms with Crippen molar-refractivity contribution >= 4 is 17.1 Å². The van der Waals surface area contributed by atoms with Gasteiger partial charge in [-0.15, -0.1) is 0 Å². The van der Waals surface area contributed by atoms with Gasteiger partial charge < -0.3 is 14.4 Å². The van der Waals surface area contributed by atoms with E-state index in [4.69, 9.17) is 14.5 Å². The highest BCUT2D eigenvalue weighted by Crippen LogP contribution is 2.48. The van der Waals surface area contributed by atoms with Crippen molar-refractivity contribution < 1.29 is 9.47 Å². The monoisotopic (exact) mass is 454 g/mol. The summed E-state index contributed by atoms with van der Waals surface area (Å²) >= 11 is 0. The third-order valence-corrected chi connectivity index (χ3v) is 6.95. The van der Waals surface area contributed by atoms with E-state index in [2.05, 4.69) is 88.2 Å². The van der Waals surface area contributed by atoms with Crippen LogP contribution < -0.4 is 14.4 Å². The van der Waals surface area contributed by atoms with Crippen LogP contribution in [0.1, 0.15) is 38.8 Å². The van der Waals surface area contributed by atoms with E-state index in [1.54, 1.807) is 14.2 Å². The number of likely N-dealkylation sites (N-methyl/N-ethyl adjacent to an activating group) is 1. The number of ether oxygens (including phenoxy) is 2. The molecule has 0 amide bonds. The smallest absolute Gasteiger partial charge is 0.119 e. The Bertz CT molecular complexity index is 1240. The van der Waals surface area contributed by atoms with Crippen LogP contribution in [0.15, 0.2) is 89.6 Å². The molecule has 2 heterocycles. The largest absolute Gasteiger partial charge is 0.497 e. The van der Waals surface area contributed by atoms with E-state index in [9.17, 15) is 0 Å². The summed E-state index contributed by atoms with van der Waals surface area (Å²) in [7, 11) is 5.53. The standard InChI is InChI=1S/C30H34N2O2/c1-29(2)23-19-21(33-6)15-17-25(23)31-27(29)13-11-9-8-10-12-14-28-30(3,4)24-20-22(34-7)16-18-26(24)32(28)5/h8-20H,1-7H3/b9-8+,12-10+,13-11+,28-14+. The van der Waals surface area contributed by atoms with Gasteiger partial charge in [-0.3, -0.25) is 4.99 Å². The fourth-order valence-electron chi connectivity index (χ4n) is 4.82. The Balaban J connectivity index is 1.43. The molecule has 0 unspecified atom stereocenters. The van der Waals surface area contributed by atoms with Crippen LogP contribution in [0, 0.1) is 0 Å². The summed E-state index contributed by atoms with van der Waals surface area (Å²) < 4.78 is 10.8. The van der Waals surface area contributed by atoms with Crippen LogP contribution in [0.2, 0.25) is 0 Å². The number of anilines is 1. The van der Waals surface area contributed by atoms with Crippen molar-refractivity contribution in [3.05, 3.63) is 95.8 Å². The molecule has 2 aliphatic heterocycles. The van der Waals surface area contributed by atoms with Crippen LogP contribution in [0.25, 0.3) is 0 Å². The molecule has 2 aliphatic rings. The highest BCUT2D eigenvalue weighted by molar-refractivity contribution is 6.08. The van der Waals surface area contributed by atoms with Crippen LogP contribution in [0.5, 0.6) is 11.5 Å². The fourth-order valence-corrected chi connectivity index (χ4v) is 4.82. The number of aliphatic imine (C=N–C) groups is 1. The minimum absolute atomic E-state index is 0.0868. The molecule has 0 radical (unpaired) electrons. The zero-order chi connectivity index (χ0) is 24.5. The third kappa shape index (κ3) is 4.09. The van der Waals surface area contributed by atoms with Crippen LogP contribution in [-0.2, 0) is 10.8 Å². The Morgan fingerprint density at radius 2 is 1.38 bits per heavy atom. The zero-order valence-corrected chi connectivity index (χ0v) is 21.2. The summed E-state index contributed by atoms with van der Waals surface area (Å²) in [5.41, 5.74) is 6.79. The maximum absolute atomic E-state index is 5.44. The molecule has 0 saturated carbocycles. The van der Waals surface area contributed by atoms with Gasteiger partial charge in [-0.2, -0.15) is 0 Å². The molecule has 0 spiro atoms. The summed E-state index contributed by atoms with van der Waals surface area (Å²) in [6.45, 7) is 8.91. The van der Waals surface area contributed by atoms with Gasteiger partial charge in [0.2, 0.25) is 0 Å². The molecule has 0 aromatic heterocycles. The molecule has 0 fully saturated rings. The van der Waals surface area contributed by atoms with Crippen LogP contribution in [0.3, 0.4) is 0 Å². The van der Waals surface area contributed by atoms with E-state index in [1.165, 1.54) is 22.5 Å². The Hall–Kier alpha value is -3.53. The van der Waals surface area contributed by atoms with Crippen molar-refractivity contribution in [2.75, 3.05) is 26.2 Å². The van der Waals surface area contributed by atoms with Gasteiger partial charge in [0.15, 0.2) is 0 Å². The lowest BCUT2D eigenvalue weighted by Gasteiger charge is -2.23. The van der Waals surface area contributed by atoms with Gasteiger partial charge in [0.05, 0.1) is 25.6 Å². The first-order valence-electron chi connectivity index (χ1n) is 11.6. The second-order valence-electron chi connectivity index (χ2n) is 9.75. The van der Waals surface area contributed by atoms with Crippen LogP contribution in [-0.4, -0.2) is 27.0 Å². The first kappa shape index (κ1) is 23.6. The second kappa shape index (κ2) is 9.02. The number of fused-ring (bicyclic) bond motifs is 2. The van der Waals surface area contributed by atoms with E-state index < -0.39 is 0 Å². The van der Waals surface area contributed by atoms with E-state index in [0.717, 1.165) is 22.9 Å². The predicted octanol–water partition coefficient (Wildman–Crippen LogP) is 7.05. The van der Waals surface area contributed by atoms with Crippen molar-refractivity contribution in [1.82, 2.24) is 0 Å². The minimum atomic E-state index is -0.148. The molecule has 34 heavy (non-hydrogen) atoms. The summed E-state index contributed by atoms with van der Waals surface area (Å²) in [4.78, 5) is 7.08. The van der Waals surface area contributed by atoms with Crippen LogP contribution in [0.4, 0.5) is 11.4 Å². The predicted molar refractivity (Wildman–Crippen MR) is 143 cm³/mol. The normalized spacial score (nSPS) is 19.3. The molecule has 4 heteroatoms. The topological polar surface area (TPSA) is 34.1 Å². The molecule has 0 saturated heterocycles. The second-order valence-corrected chi connectivity index (χ2v) is 9.75. The Kier molecular flexibility index (Phi) is 6.26. The fraction of sp³-hybridized carbons (Fsp3) is 0.300. The summed E-state index contributed by atoms with van der Waals surface area (Å²) in [6.07, 6.45) is 14.6. The van der Waals surface area contributed by atoms with Gasteiger partial charge in [0.25, 0.3) is 0 Å². The molecule has 4 rings (SSSR count). The Morgan fingerprint density at radius 3 is 2.09 bits per heavy atom. The van der Waals surface area contributed by atoms with E-state index in [0.29, 0.717) is 0 Å². The molecule has 4 nitrogen and oxygen atoms in total. The first-order valence-corrected chi connectivity index (χ1v) is 11.6. The molecule has 0 bridgehead atoms. The average molecular weight is 455 g/mol. The maximum Gasteiger partial charge on any atom is 0.119 e. The lowest BCUT2D eigenvalue weighted by atomic mass is 9.81. The number of hydrogen-bond donors (Lipinski definition) is 0. The number of rotatable bonds is 6. The summed E-state index contributed by atoms with van der Waals surface area (Å²) in [6, 6.07) is 12.4. The lowest BCUT2D eigenvalue weighted by Crippen LogP contribution is -2.23. The SMILES string of the molecule is COc1ccc2c(c1)C(C)(C)C(/C=C/C=C/C=C/C=C1/N(C)c3ccc(OC)cc3C1(C)C)=N2. The molecule has 0 N–H and O–H groups in total. The number of benzene rings is 2.